The van der Waals surface area contributed by atoms with Crippen LogP contribution in [-0.4, -0.2) is 17.1 Å². The number of nitrogens with one attached hydrogen (secondary N) is 1. The summed E-state index contributed by atoms with van der Waals surface area (Å²) in [6.45, 7) is 5.16. The molecular formula is C17H22N2O. The molecule has 106 valence electrons. The first-order valence-corrected chi connectivity index (χ1v) is 7.50. The highest BCUT2D eigenvalue weighted by molar-refractivity contribution is 5.89. The van der Waals surface area contributed by atoms with Gasteiger partial charge in [0, 0.05) is 24.2 Å². The standard InChI is InChI=1S/C17H22N2O/c1-12(2)18-10-13-11-19-17(20-14-6-5-7-14)16-9-4-3-8-15(13)16/h3-4,8-9,11-12,14,18H,5-7,10H2,1-2H3. The molecule has 1 fully saturated rings. The number of hydrogen-bond donors (Lipinski definition) is 1. The predicted molar refractivity (Wildman–Crippen MR) is 82.0 cm³/mol. The van der Waals surface area contributed by atoms with E-state index < -0.39 is 0 Å². The van der Waals surface area contributed by atoms with Crippen molar-refractivity contribution in [3.8, 4) is 5.88 Å². The second-order valence-electron chi connectivity index (χ2n) is 5.84. The van der Waals surface area contributed by atoms with Crippen molar-refractivity contribution < 1.29 is 4.74 Å². The SMILES string of the molecule is CC(C)NCc1cnc(OC2CCC2)c2ccccc12. The molecule has 0 aliphatic heterocycles. The minimum Gasteiger partial charge on any atom is -0.474 e. The van der Waals surface area contributed by atoms with E-state index in [1.54, 1.807) is 0 Å². The van der Waals surface area contributed by atoms with Gasteiger partial charge in [0.2, 0.25) is 5.88 Å². The maximum absolute atomic E-state index is 6.01. The first-order valence-electron chi connectivity index (χ1n) is 7.50. The third-order valence-corrected chi connectivity index (χ3v) is 3.87. The maximum Gasteiger partial charge on any atom is 0.221 e. The molecule has 1 saturated carbocycles. The lowest BCUT2D eigenvalue weighted by Crippen LogP contribution is -2.25. The Balaban J connectivity index is 1.91. The number of nitrogens with zero attached hydrogens (tertiary/aromatic N) is 1. The molecule has 3 nitrogen and oxygen atoms in total. The zero-order valence-corrected chi connectivity index (χ0v) is 12.2. The van der Waals surface area contributed by atoms with Gasteiger partial charge in [0.1, 0.15) is 6.10 Å². The molecule has 20 heavy (non-hydrogen) atoms. The van der Waals surface area contributed by atoms with Gasteiger partial charge >= 0.3 is 0 Å². The highest BCUT2D eigenvalue weighted by Crippen LogP contribution is 2.30. The number of pyridine rings is 1. The molecule has 0 saturated heterocycles. The molecular weight excluding hydrogens is 248 g/mol. The minimum atomic E-state index is 0.366. The fourth-order valence-electron chi connectivity index (χ4n) is 2.42. The maximum atomic E-state index is 6.01. The van der Waals surface area contributed by atoms with E-state index in [9.17, 15) is 0 Å². The second-order valence-corrected chi connectivity index (χ2v) is 5.84. The Morgan fingerprint density at radius 2 is 2.00 bits per heavy atom. The van der Waals surface area contributed by atoms with Crippen LogP contribution in [0.25, 0.3) is 10.8 Å². The molecule has 0 atom stereocenters. The van der Waals surface area contributed by atoms with E-state index >= 15 is 0 Å². The van der Waals surface area contributed by atoms with Crippen molar-refractivity contribution >= 4 is 10.8 Å². The Hall–Kier alpha value is -1.61. The largest absolute Gasteiger partial charge is 0.474 e. The number of aromatic nitrogens is 1. The number of hydrogen-bond acceptors (Lipinski definition) is 3. The summed E-state index contributed by atoms with van der Waals surface area (Å²) < 4.78 is 6.01. The molecule has 1 aliphatic carbocycles. The van der Waals surface area contributed by atoms with Crippen LogP contribution in [0.3, 0.4) is 0 Å². The molecule has 0 radical (unpaired) electrons. The fourth-order valence-corrected chi connectivity index (χ4v) is 2.42. The Kier molecular flexibility index (Phi) is 3.88. The molecule has 0 amide bonds. The number of benzene rings is 1. The van der Waals surface area contributed by atoms with E-state index in [0.717, 1.165) is 30.7 Å². The Morgan fingerprint density at radius 3 is 2.65 bits per heavy atom. The van der Waals surface area contributed by atoms with Crippen molar-refractivity contribution in [2.75, 3.05) is 0 Å². The molecule has 0 bridgehead atoms. The van der Waals surface area contributed by atoms with Crippen LogP contribution in [0.5, 0.6) is 5.88 Å². The predicted octanol–water partition coefficient (Wildman–Crippen LogP) is 3.66. The lowest BCUT2D eigenvalue weighted by molar-refractivity contribution is 0.116. The van der Waals surface area contributed by atoms with Crippen molar-refractivity contribution in [3.63, 3.8) is 0 Å². The van der Waals surface area contributed by atoms with E-state index in [1.807, 2.05) is 6.20 Å². The third kappa shape index (κ3) is 2.78. The Bertz CT molecular complexity index is 591. The van der Waals surface area contributed by atoms with Gasteiger partial charge in [-0.05, 0) is 36.3 Å². The minimum absolute atomic E-state index is 0.366. The second kappa shape index (κ2) is 5.80. The van der Waals surface area contributed by atoms with Crippen LogP contribution in [0.15, 0.2) is 30.5 Å². The third-order valence-electron chi connectivity index (χ3n) is 3.87. The van der Waals surface area contributed by atoms with E-state index in [1.165, 1.54) is 17.4 Å². The van der Waals surface area contributed by atoms with E-state index in [0.29, 0.717) is 12.1 Å². The number of ether oxygens (including phenoxy) is 1. The molecule has 1 N–H and O–H groups in total. The normalized spacial score (nSPS) is 15.6. The summed E-state index contributed by atoms with van der Waals surface area (Å²) >= 11 is 0. The average Bonchev–Trinajstić information content (AvgIpc) is 2.41. The van der Waals surface area contributed by atoms with Crippen molar-refractivity contribution in [2.45, 2.75) is 51.8 Å². The molecule has 1 heterocycles. The van der Waals surface area contributed by atoms with Crippen LogP contribution in [0.2, 0.25) is 0 Å². The van der Waals surface area contributed by atoms with Gasteiger partial charge < -0.3 is 10.1 Å². The summed E-state index contributed by atoms with van der Waals surface area (Å²) in [6.07, 6.45) is 5.91. The van der Waals surface area contributed by atoms with Crippen LogP contribution in [-0.2, 0) is 6.54 Å². The summed E-state index contributed by atoms with van der Waals surface area (Å²) in [4.78, 5) is 4.54. The quantitative estimate of drug-likeness (QED) is 0.900. The Labute approximate surface area is 120 Å². The number of fused-ring (bicyclic) bond motifs is 1. The van der Waals surface area contributed by atoms with Crippen LogP contribution in [0.1, 0.15) is 38.7 Å². The van der Waals surface area contributed by atoms with E-state index in [4.69, 9.17) is 4.74 Å². The molecule has 2 aromatic rings. The molecule has 1 aromatic carbocycles. The Morgan fingerprint density at radius 1 is 1.25 bits per heavy atom. The van der Waals surface area contributed by atoms with Crippen molar-refractivity contribution in [2.24, 2.45) is 0 Å². The highest BCUT2D eigenvalue weighted by Gasteiger charge is 2.21. The monoisotopic (exact) mass is 270 g/mol. The summed E-state index contributed by atoms with van der Waals surface area (Å²) in [7, 11) is 0. The average molecular weight is 270 g/mol. The zero-order valence-electron chi connectivity index (χ0n) is 12.2. The molecule has 3 heteroatoms. The summed E-state index contributed by atoms with van der Waals surface area (Å²) in [6, 6.07) is 8.86. The first-order chi connectivity index (χ1) is 9.74. The van der Waals surface area contributed by atoms with Gasteiger partial charge in [-0.3, -0.25) is 0 Å². The molecule has 0 unspecified atom stereocenters. The zero-order chi connectivity index (χ0) is 13.9. The van der Waals surface area contributed by atoms with E-state index in [2.05, 4.69) is 48.4 Å². The van der Waals surface area contributed by atoms with E-state index in [-0.39, 0.29) is 0 Å². The fraction of sp³-hybridized carbons (Fsp3) is 0.471. The topological polar surface area (TPSA) is 34.2 Å². The van der Waals surface area contributed by atoms with Gasteiger partial charge in [-0.1, -0.05) is 32.0 Å². The molecule has 3 rings (SSSR count). The lowest BCUT2D eigenvalue weighted by atomic mass is 9.96. The van der Waals surface area contributed by atoms with Crippen molar-refractivity contribution in [3.05, 3.63) is 36.0 Å². The van der Waals surface area contributed by atoms with Gasteiger partial charge in [0.15, 0.2) is 0 Å². The number of rotatable bonds is 5. The van der Waals surface area contributed by atoms with Gasteiger partial charge in [0.25, 0.3) is 0 Å². The molecule has 1 aromatic heterocycles. The smallest absolute Gasteiger partial charge is 0.221 e. The van der Waals surface area contributed by atoms with Gasteiger partial charge in [0.05, 0.1) is 0 Å². The first kappa shape index (κ1) is 13.4. The van der Waals surface area contributed by atoms with Crippen molar-refractivity contribution in [1.29, 1.82) is 0 Å². The van der Waals surface area contributed by atoms with Crippen LogP contribution in [0.4, 0.5) is 0 Å². The summed E-state index contributed by atoms with van der Waals surface area (Å²) in [5.41, 5.74) is 1.23. The van der Waals surface area contributed by atoms with Crippen LogP contribution in [0, 0.1) is 0 Å². The summed E-state index contributed by atoms with van der Waals surface area (Å²) in [5.74, 6) is 0.790. The van der Waals surface area contributed by atoms with Crippen molar-refractivity contribution in [1.82, 2.24) is 10.3 Å². The van der Waals surface area contributed by atoms with Gasteiger partial charge in [-0.15, -0.1) is 0 Å². The van der Waals surface area contributed by atoms with Gasteiger partial charge in [-0.25, -0.2) is 4.98 Å². The summed E-state index contributed by atoms with van der Waals surface area (Å²) in [5, 5.41) is 5.82. The lowest BCUT2D eigenvalue weighted by Gasteiger charge is -2.26. The van der Waals surface area contributed by atoms with Crippen LogP contribution < -0.4 is 10.1 Å². The highest BCUT2D eigenvalue weighted by atomic mass is 16.5. The van der Waals surface area contributed by atoms with Crippen LogP contribution >= 0.6 is 0 Å². The van der Waals surface area contributed by atoms with Gasteiger partial charge in [-0.2, -0.15) is 0 Å². The molecule has 0 spiro atoms. The molecule has 1 aliphatic rings.